The Morgan fingerprint density at radius 1 is 1.44 bits per heavy atom. The Morgan fingerprint density at radius 2 is 2.11 bits per heavy atom. The summed E-state index contributed by atoms with van der Waals surface area (Å²) >= 11 is 0. The number of carboxylic acid groups (broad SMARTS) is 1. The highest BCUT2D eigenvalue weighted by Crippen LogP contribution is 2.24. The Morgan fingerprint density at radius 3 is 2.61 bits per heavy atom. The molecule has 96 valence electrons. The van der Waals surface area contributed by atoms with Crippen LogP contribution in [-0.2, 0) is 13.5 Å². The van der Waals surface area contributed by atoms with Gasteiger partial charge < -0.3 is 9.67 Å². The molecule has 0 radical (unpaired) electrons. The van der Waals surface area contributed by atoms with Gasteiger partial charge in [0.15, 0.2) is 0 Å². The molecule has 2 aromatic heterocycles. The lowest BCUT2D eigenvalue weighted by Gasteiger charge is -2.08. The van der Waals surface area contributed by atoms with Gasteiger partial charge in [0.25, 0.3) is 0 Å². The predicted octanol–water partition coefficient (Wildman–Crippen LogP) is 2.35. The van der Waals surface area contributed by atoms with Gasteiger partial charge in [0.2, 0.25) is 0 Å². The SMILES string of the molecule is CCc1nc(C(C)C)nc2c1c(C(=O)O)cn2C. The van der Waals surface area contributed by atoms with Gasteiger partial charge in [-0.05, 0) is 6.42 Å². The Labute approximate surface area is 105 Å². The number of carbonyl (C=O) groups is 1. The van der Waals surface area contributed by atoms with Gasteiger partial charge in [-0.25, -0.2) is 14.8 Å². The second kappa shape index (κ2) is 4.40. The van der Waals surface area contributed by atoms with Crippen LogP contribution in [0.1, 0.15) is 48.6 Å². The molecule has 0 fully saturated rings. The third-order valence-electron chi connectivity index (χ3n) is 2.99. The highest BCUT2D eigenvalue weighted by molar-refractivity contribution is 6.03. The average molecular weight is 247 g/mol. The molecule has 1 N–H and O–H groups in total. The minimum Gasteiger partial charge on any atom is -0.478 e. The average Bonchev–Trinajstić information content (AvgIpc) is 2.66. The number of fused-ring (bicyclic) bond motifs is 1. The maximum absolute atomic E-state index is 11.2. The number of nitrogens with zero attached hydrogens (tertiary/aromatic N) is 3. The lowest BCUT2D eigenvalue weighted by atomic mass is 10.1. The van der Waals surface area contributed by atoms with Crippen LogP contribution in [0.25, 0.3) is 11.0 Å². The minimum absolute atomic E-state index is 0.225. The van der Waals surface area contributed by atoms with Crippen LogP contribution in [0.15, 0.2) is 6.20 Å². The topological polar surface area (TPSA) is 68.0 Å². The molecule has 0 aliphatic rings. The molecule has 0 bridgehead atoms. The summed E-state index contributed by atoms with van der Waals surface area (Å²) in [5.41, 5.74) is 1.78. The molecule has 0 aliphatic heterocycles. The molecule has 0 aromatic carbocycles. The molecule has 0 amide bonds. The fourth-order valence-corrected chi connectivity index (χ4v) is 2.04. The molecule has 0 saturated heterocycles. The van der Waals surface area contributed by atoms with Crippen LogP contribution in [0.3, 0.4) is 0 Å². The van der Waals surface area contributed by atoms with Crippen LogP contribution in [0.4, 0.5) is 0 Å². The summed E-state index contributed by atoms with van der Waals surface area (Å²) in [6.07, 6.45) is 2.30. The largest absolute Gasteiger partial charge is 0.478 e. The zero-order chi connectivity index (χ0) is 13.4. The van der Waals surface area contributed by atoms with Crippen molar-refractivity contribution in [3.63, 3.8) is 0 Å². The number of aromatic nitrogens is 3. The highest BCUT2D eigenvalue weighted by atomic mass is 16.4. The fraction of sp³-hybridized carbons (Fsp3) is 0.462. The van der Waals surface area contributed by atoms with Crippen molar-refractivity contribution in [1.29, 1.82) is 0 Å². The molecule has 0 atom stereocenters. The molecule has 0 unspecified atom stereocenters. The van der Waals surface area contributed by atoms with E-state index in [4.69, 9.17) is 0 Å². The van der Waals surface area contributed by atoms with Crippen LogP contribution in [0.2, 0.25) is 0 Å². The molecule has 0 spiro atoms. The third-order valence-corrected chi connectivity index (χ3v) is 2.99. The van der Waals surface area contributed by atoms with Crippen LogP contribution >= 0.6 is 0 Å². The number of rotatable bonds is 3. The van der Waals surface area contributed by atoms with Gasteiger partial charge >= 0.3 is 5.97 Å². The quantitative estimate of drug-likeness (QED) is 0.904. The summed E-state index contributed by atoms with van der Waals surface area (Å²) in [5, 5.41) is 9.89. The van der Waals surface area contributed by atoms with Crippen LogP contribution in [0.5, 0.6) is 0 Å². The van der Waals surface area contributed by atoms with Crippen molar-refractivity contribution in [3.05, 3.63) is 23.3 Å². The minimum atomic E-state index is -0.934. The molecule has 5 nitrogen and oxygen atoms in total. The summed E-state index contributed by atoms with van der Waals surface area (Å²) < 4.78 is 1.76. The molecular weight excluding hydrogens is 230 g/mol. The van der Waals surface area contributed by atoms with Crippen LogP contribution in [0, 0.1) is 0 Å². The predicted molar refractivity (Wildman–Crippen MR) is 68.9 cm³/mol. The number of hydrogen-bond donors (Lipinski definition) is 1. The van der Waals surface area contributed by atoms with E-state index in [1.165, 1.54) is 0 Å². The van der Waals surface area contributed by atoms with E-state index in [0.717, 1.165) is 11.5 Å². The number of aromatic carboxylic acids is 1. The lowest BCUT2D eigenvalue weighted by Crippen LogP contribution is -2.04. The first-order valence-electron chi connectivity index (χ1n) is 6.04. The normalized spacial score (nSPS) is 11.4. The monoisotopic (exact) mass is 247 g/mol. The van der Waals surface area contributed by atoms with Gasteiger partial charge in [0, 0.05) is 19.2 Å². The molecule has 2 rings (SSSR count). The van der Waals surface area contributed by atoms with E-state index >= 15 is 0 Å². The third kappa shape index (κ3) is 1.85. The van der Waals surface area contributed by atoms with Gasteiger partial charge in [-0.1, -0.05) is 20.8 Å². The van der Waals surface area contributed by atoms with Crippen molar-refractivity contribution >= 4 is 17.0 Å². The van der Waals surface area contributed by atoms with Gasteiger partial charge in [0.05, 0.1) is 16.6 Å². The van der Waals surface area contributed by atoms with Crippen molar-refractivity contribution in [3.8, 4) is 0 Å². The van der Waals surface area contributed by atoms with E-state index in [2.05, 4.69) is 9.97 Å². The van der Waals surface area contributed by atoms with Crippen molar-refractivity contribution in [1.82, 2.24) is 14.5 Å². The molecule has 2 aromatic rings. The summed E-state index contributed by atoms with van der Waals surface area (Å²) in [6.45, 7) is 6.04. The smallest absolute Gasteiger partial charge is 0.338 e. The summed E-state index contributed by atoms with van der Waals surface area (Å²) in [6, 6.07) is 0. The second-order valence-electron chi connectivity index (χ2n) is 4.69. The van der Waals surface area contributed by atoms with E-state index in [1.807, 2.05) is 27.8 Å². The number of aryl methyl sites for hydroxylation is 2. The van der Waals surface area contributed by atoms with Gasteiger partial charge in [-0.3, -0.25) is 0 Å². The maximum Gasteiger partial charge on any atom is 0.338 e. The Kier molecular flexibility index (Phi) is 3.07. The zero-order valence-electron chi connectivity index (χ0n) is 11.1. The first-order valence-corrected chi connectivity index (χ1v) is 6.04. The lowest BCUT2D eigenvalue weighted by molar-refractivity contribution is 0.0698. The van der Waals surface area contributed by atoms with E-state index in [1.54, 1.807) is 10.8 Å². The van der Waals surface area contributed by atoms with Crippen molar-refractivity contribution in [2.45, 2.75) is 33.1 Å². The van der Waals surface area contributed by atoms with E-state index in [0.29, 0.717) is 17.5 Å². The fourth-order valence-electron chi connectivity index (χ4n) is 2.04. The Balaban J connectivity index is 2.85. The molecule has 0 aliphatic carbocycles. The van der Waals surface area contributed by atoms with Crippen molar-refractivity contribution in [2.75, 3.05) is 0 Å². The number of hydrogen-bond acceptors (Lipinski definition) is 3. The molecular formula is C13H17N3O2. The standard InChI is InChI=1S/C13H17N3O2/c1-5-9-10-8(13(17)18)6-16(4)12(10)15-11(14-9)7(2)3/h6-7H,5H2,1-4H3,(H,17,18). The highest BCUT2D eigenvalue weighted by Gasteiger charge is 2.19. The molecule has 5 heteroatoms. The molecule has 2 heterocycles. The van der Waals surface area contributed by atoms with E-state index in [9.17, 15) is 9.90 Å². The van der Waals surface area contributed by atoms with Gasteiger partial charge in [-0.15, -0.1) is 0 Å². The van der Waals surface area contributed by atoms with Crippen molar-refractivity contribution in [2.24, 2.45) is 7.05 Å². The van der Waals surface area contributed by atoms with Gasteiger partial charge in [0.1, 0.15) is 11.5 Å². The van der Waals surface area contributed by atoms with Crippen LogP contribution in [-0.4, -0.2) is 25.6 Å². The van der Waals surface area contributed by atoms with E-state index in [-0.39, 0.29) is 11.5 Å². The maximum atomic E-state index is 11.2. The van der Waals surface area contributed by atoms with Gasteiger partial charge in [-0.2, -0.15) is 0 Å². The first kappa shape index (κ1) is 12.5. The Bertz CT molecular complexity index is 614. The summed E-state index contributed by atoms with van der Waals surface area (Å²) in [4.78, 5) is 20.2. The first-order chi connectivity index (χ1) is 8.45. The summed E-state index contributed by atoms with van der Waals surface area (Å²) in [5.74, 6) is 0.0524. The van der Waals surface area contributed by atoms with E-state index < -0.39 is 5.97 Å². The second-order valence-corrected chi connectivity index (χ2v) is 4.69. The van der Waals surface area contributed by atoms with Crippen molar-refractivity contribution < 1.29 is 9.90 Å². The zero-order valence-corrected chi connectivity index (χ0v) is 11.1. The molecule has 0 saturated carbocycles. The number of carboxylic acids is 1. The van der Waals surface area contributed by atoms with Crippen LogP contribution < -0.4 is 0 Å². The summed E-state index contributed by atoms with van der Waals surface area (Å²) in [7, 11) is 1.81. The molecule has 18 heavy (non-hydrogen) atoms. The Hall–Kier alpha value is -1.91.